The van der Waals surface area contributed by atoms with Crippen LogP contribution in [0.25, 0.3) is 16.8 Å². The lowest BCUT2D eigenvalue weighted by molar-refractivity contribution is 0.833. The Bertz CT molecular complexity index is 849. The van der Waals surface area contributed by atoms with Crippen molar-refractivity contribution in [2.24, 2.45) is 0 Å². The Kier molecular flexibility index (Phi) is 4.47. The molecule has 1 heterocycles. The topological polar surface area (TPSA) is 17.8 Å². The number of nitrogens with zero attached hydrogens (tertiary/aromatic N) is 2. The van der Waals surface area contributed by atoms with Crippen LogP contribution >= 0.6 is 23.2 Å². The van der Waals surface area contributed by atoms with E-state index in [1.807, 2.05) is 29.8 Å². The SMILES string of the molecule is [CH2]Cc1ccc(-n2nc(C)c(-c3ccc(Cl)c(Cl)c3)c2C)cc1. The van der Waals surface area contributed by atoms with E-state index >= 15 is 0 Å². The molecule has 0 bridgehead atoms. The highest BCUT2D eigenvalue weighted by Gasteiger charge is 2.15. The maximum absolute atomic E-state index is 6.16. The zero-order valence-corrected chi connectivity index (χ0v) is 14.6. The molecule has 0 aliphatic carbocycles. The van der Waals surface area contributed by atoms with Crippen molar-refractivity contribution in [1.82, 2.24) is 9.78 Å². The zero-order chi connectivity index (χ0) is 16.6. The van der Waals surface area contributed by atoms with Gasteiger partial charge < -0.3 is 0 Å². The van der Waals surface area contributed by atoms with E-state index < -0.39 is 0 Å². The molecule has 0 fully saturated rings. The first-order valence-electron chi connectivity index (χ1n) is 7.41. The summed E-state index contributed by atoms with van der Waals surface area (Å²) in [5.74, 6) is 0. The van der Waals surface area contributed by atoms with Crippen LogP contribution in [0.5, 0.6) is 0 Å². The van der Waals surface area contributed by atoms with Crippen LogP contribution in [0.3, 0.4) is 0 Å². The van der Waals surface area contributed by atoms with E-state index in [0.717, 1.165) is 34.6 Å². The summed E-state index contributed by atoms with van der Waals surface area (Å²) in [6.07, 6.45) is 0.784. The third kappa shape index (κ3) is 3.01. The molecule has 0 aliphatic rings. The van der Waals surface area contributed by atoms with Gasteiger partial charge in [-0.05, 0) is 62.6 Å². The third-order valence-corrected chi connectivity index (χ3v) is 4.71. The molecule has 0 unspecified atom stereocenters. The number of benzene rings is 2. The number of halogens is 2. The highest BCUT2D eigenvalue weighted by atomic mass is 35.5. The van der Waals surface area contributed by atoms with Gasteiger partial charge in [-0.2, -0.15) is 5.10 Å². The van der Waals surface area contributed by atoms with Gasteiger partial charge in [-0.3, -0.25) is 0 Å². The minimum absolute atomic E-state index is 0.551. The van der Waals surface area contributed by atoms with E-state index in [1.54, 1.807) is 0 Å². The van der Waals surface area contributed by atoms with Crippen LogP contribution in [-0.2, 0) is 6.42 Å². The summed E-state index contributed by atoms with van der Waals surface area (Å²) in [6, 6.07) is 14.0. The van der Waals surface area contributed by atoms with Gasteiger partial charge in [0.1, 0.15) is 0 Å². The molecule has 3 rings (SSSR count). The minimum Gasteiger partial charge on any atom is -0.237 e. The van der Waals surface area contributed by atoms with E-state index in [4.69, 9.17) is 23.2 Å². The number of aromatic nitrogens is 2. The average Bonchev–Trinajstić information content (AvgIpc) is 2.85. The van der Waals surface area contributed by atoms with Crippen LogP contribution in [0, 0.1) is 20.8 Å². The van der Waals surface area contributed by atoms with Crippen molar-refractivity contribution in [3.05, 3.63) is 76.4 Å². The molecule has 117 valence electrons. The maximum Gasteiger partial charge on any atom is 0.0679 e. The summed E-state index contributed by atoms with van der Waals surface area (Å²) in [4.78, 5) is 0. The Morgan fingerprint density at radius 1 is 1.00 bits per heavy atom. The number of rotatable bonds is 3. The Hall–Kier alpha value is -1.77. The molecule has 0 saturated carbocycles. The van der Waals surface area contributed by atoms with Crippen LogP contribution < -0.4 is 0 Å². The summed E-state index contributed by atoms with van der Waals surface area (Å²) >= 11 is 12.2. The number of hydrogen-bond donors (Lipinski definition) is 0. The predicted octanol–water partition coefficient (Wildman–Crippen LogP) is 5.84. The van der Waals surface area contributed by atoms with Crippen molar-refractivity contribution in [3.63, 3.8) is 0 Å². The Balaban J connectivity index is 2.09. The first-order valence-corrected chi connectivity index (χ1v) is 8.17. The lowest BCUT2D eigenvalue weighted by Gasteiger charge is -2.07. The normalized spacial score (nSPS) is 11.0. The molecular formula is C19H17Cl2N2. The van der Waals surface area contributed by atoms with E-state index in [0.29, 0.717) is 10.0 Å². The van der Waals surface area contributed by atoms with Crippen molar-refractivity contribution < 1.29 is 0 Å². The first-order chi connectivity index (χ1) is 11.0. The van der Waals surface area contributed by atoms with E-state index in [9.17, 15) is 0 Å². The first kappa shape index (κ1) is 16.1. The molecule has 3 aromatic rings. The second-order valence-electron chi connectivity index (χ2n) is 5.50. The fourth-order valence-corrected chi connectivity index (χ4v) is 3.07. The highest BCUT2D eigenvalue weighted by Crippen LogP contribution is 2.33. The molecule has 0 atom stereocenters. The van der Waals surface area contributed by atoms with Crippen molar-refractivity contribution in [2.45, 2.75) is 20.3 Å². The van der Waals surface area contributed by atoms with Gasteiger partial charge >= 0.3 is 0 Å². The van der Waals surface area contributed by atoms with Gasteiger partial charge in [-0.25, -0.2) is 4.68 Å². The molecule has 1 radical (unpaired) electrons. The monoisotopic (exact) mass is 343 g/mol. The van der Waals surface area contributed by atoms with E-state index in [1.165, 1.54) is 5.56 Å². The lowest BCUT2D eigenvalue weighted by Crippen LogP contribution is -1.99. The van der Waals surface area contributed by atoms with Crippen LogP contribution in [0.4, 0.5) is 0 Å². The highest BCUT2D eigenvalue weighted by molar-refractivity contribution is 6.42. The van der Waals surface area contributed by atoms with Crippen molar-refractivity contribution in [2.75, 3.05) is 0 Å². The van der Waals surface area contributed by atoms with Crippen LogP contribution in [0.15, 0.2) is 42.5 Å². The van der Waals surface area contributed by atoms with Crippen LogP contribution in [-0.4, -0.2) is 9.78 Å². The van der Waals surface area contributed by atoms with Gasteiger partial charge in [0.05, 0.1) is 21.4 Å². The molecule has 2 aromatic carbocycles. The fourth-order valence-electron chi connectivity index (χ4n) is 2.77. The van der Waals surface area contributed by atoms with Gasteiger partial charge in [-0.1, -0.05) is 41.4 Å². The van der Waals surface area contributed by atoms with Crippen molar-refractivity contribution in [3.8, 4) is 16.8 Å². The minimum atomic E-state index is 0.551. The quantitative estimate of drug-likeness (QED) is 0.584. The molecule has 0 aliphatic heterocycles. The van der Waals surface area contributed by atoms with Gasteiger partial charge in [0, 0.05) is 11.3 Å². The molecule has 0 spiro atoms. The number of aryl methyl sites for hydroxylation is 1. The molecule has 4 heteroatoms. The van der Waals surface area contributed by atoms with Gasteiger partial charge in [0.25, 0.3) is 0 Å². The smallest absolute Gasteiger partial charge is 0.0679 e. The van der Waals surface area contributed by atoms with Gasteiger partial charge in [0.2, 0.25) is 0 Å². The summed E-state index contributed by atoms with van der Waals surface area (Å²) in [5.41, 5.74) is 6.39. The fraction of sp³-hybridized carbons (Fsp3) is 0.158. The molecule has 2 nitrogen and oxygen atoms in total. The predicted molar refractivity (Wildman–Crippen MR) is 97.6 cm³/mol. The molecule has 0 amide bonds. The van der Waals surface area contributed by atoms with Gasteiger partial charge in [-0.15, -0.1) is 0 Å². The molecule has 23 heavy (non-hydrogen) atoms. The molecule has 0 saturated heterocycles. The molecular weight excluding hydrogens is 327 g/mol. The van der Waals surface area contributed by atoms with Crippen LogP contribution in [0.2, 0.25) is 10.0 Å². The second-order valence-corrected chi connectivity index (χ2v) is 6.32. The summed E-state index contributed by atoms with van der Waals surface area (Å²) in [6.45, 7) is 7.97. The van der Waals surface area contributed by atoms with E-state index in [2.05, 4.69) is 43.2 Å². The number of hydrogen-bond acceptors (Lipinski definition) is 1. The largest absolute Gasteiger partial charge is 0.237 e. The zero-order valence-electron chi connectivity index (χ0n) is 13.1. The Labute approximate surface area is 146 Å². The van der Waals surface area contributed by atoms with E-state index in [-0.39, 0.29) is 0 Å². The maximum atomic E-state index is 6.16. The standard InChI is InChI=1S/C19H17Cl2N2/c1-4-14-5-8-16(9-6-14)23-13(3)19(12(2)22-23)15-7-10-17(20)18(21)11-15/h5-11H,1,4H2,2-3H3. The average molecular weight is 344 g/mol. The Morgan fingerprint density at radius 2 is 1.70 bits per heavy atom. The van der Waals surface area contributed by atoms with Gasteiger partial charge in [0.15, 0.2) is 0 Å². The van der Waals surface area contributed by atoms with Crippen LogP contribution in [0.1, 0.15) is 17.0 Å². The van der Waals surface area contributed by atoms with Crippen molar-refractivity contribution in [1.29, 1.82) is 0 Å². The summed E-state index contributed by atoms with van der Waals surface area (Å²) < 4.78 is 1.96. The Morgan fingerprint density at radius 3 is 2.30 bits per heavy atom. The lowest BCUT2D eigenvalue weighted by atomic mass is 10.0. The van der Waals surface area contributed by atoms with Crippen molar-refractivity contribution >= 4 is 23.2 Å². The third-order valence-electron chi connectivity index (χ3n) is 3.97. The molecule has 0 N–H and O–H groups in total. The summed E-state index contributed by atoms with van der Waals surface area (Å²) in [5, 5.41) is 5.80. The second kappa shape index (κ2) is 6.38. The summed E-state index contributed by atoms with van der Waals surface area (Å²) in [7, 11) is 0. The molecule has 1 aromatic heterocycles.